The van der Waals surface area contributed by atoms with Gasteiger partial charge in [-0.3, -0.25) is 4.79 Å². The maximum atomic E-state index is 11.8. The van der Waals surface area contributed by atoms with Crippen molar-refractivity contribution in [1.29, 1.82) is 0 Å². The third kappa shape index (κ3) is 2.17. The first-order chi connectivity index (χ1) is 12.1. The van der Waals surface area contributed by atoms with E-state index in [0.29, 0.717) is 17.2 Å². The molecule has 2 aliphatic rings. The number of ether oxygens (including phenoxy) is 5. The van der Waals surface area contributed by atoms with Gasteiger partial charge in [-0.25, -0.2) is 0 Å². The van der Waals surface area contributed by atoms with Crippen molar-refractivity contribution < 1.29 is 28.5 Å². The molecule has 3 atom stereocenters. The maximum Gasteiger partial charge on any atom is 0.309 e. The molecule has 1 saturated heterocycles. The molecule has 2 aromatic carbocycles. The summed E-state index contributed by atoms with van der Waals surface area (Å²) in [6.45, 7) is 1.95. The van der Waals surface area contributed by atoms with Crippen LogP contribution in [0.1, 0.15) is 36.7 Å². The Hall–Kier alpha value is -2.47. The molecule has 1 fully saturated rings. The third-order valence-corrected chi connectivity index (χ3v) is 4.94. The maximum absolute atomic E-state index is 11.8. The Balaban J connectivity index is 2.13. The predicted molar refractivity (Wildman–Crippen MR) is 90.3 cm³/mol. The quantitative estimate of drug-likeness (QED) is 0.796. The van der Waals surface area contributed by atoms with Crippen molar-refractivity contribution in [3.05, 3.63) is 29.3 Å². The van der Waals surface area contributed by atoms with Gasteiger partial charge in [-0.05, 0) is 13.0 Å². The van der Waals surface area contributed by atoms with E-state index in [2.05, 4.69) is 0 Å². The minimum atomic E-state index is -0.488. The lowest BCUT2D eigenvalue weighted by Crippen LogP contribution is -2.27. The summed E-state index contributed by atoms with van der Waals surface area (Å²) in [6.07, 6.45) is -0.811. The number of methoxy groups -OCH3 is 3. The van der Waals surface area contributed by atoms with Gasteiger partial charge in [0.25, 0.3) is 0 Å². The summed E-state index contributed by atoms with van der Waals surface area (Å²) in [5, 5.41) is 1.68. The Labute approximate surface area is 145 Å². The van der Waals surface area contributed by atoms with Gasteiger partial charge in [0.2, 0.25) is 0 Å². The molecule has 0 spiro atoms. The molecule has 0 aliphatic carbocycles. The highest BCUT2D eigenvalue weighted by molar-refractivity contribution is 6.01. The zero-order valence-corrected chi connectivity index (χ0v) is 14.6. The molecule has 132 valence electrons. The molecule has 6 nitrogen and oxygen atoms in total. The molecule has 0 unspecified atom stereocenters. The lowest BCUT2D eigenvalue weighted by atomic mass is 9.87. The van der Waals surface area contributed by atoms with E-state index in [4.69, 9.17) is 23.7 Å². The summed E-state index contributed by atoms with van der Waals surface area (Å²) in [5.41, 5.74) is 1.67. The Morgan fingerprint density at radius 3 is 2.48 bits per heavy atom. The SMILES string of the molecule is COc1c2c(c(OC)c3c(OC)cccc13)[C@@H](C)O[C@H]1CC(=O)O[C@@H]21. The number of rotatable bonds is 3. The fraction of sp³-hybridized carbons (Fsp3) is 0.421. The van der Waals surface area contributed by atoms with Crippen LogP contribution in [0.5, 0.6) is 17.2 Å². The zero-order chi connectivity index (χ0) is 17.7. The smallest absolute Gasteiger partial charge is 0.309 e. The van der Waals surface area contributed by atoms with E-state index in [9.17, 15) is 4.79 Å². The van der Waals surface area contributed by atoms with Gasteiger partial charge in [0, 0.05) is 16.5 Å². The molecule has 0 aromatic heterocycles. The summed E-state index contributed by atoms with van der Waals surface area (Å²) in [7, 11) is 4.86. The molecule has 0 N–H and O–H groups in total. The van der Waals surface area contributed by atoms with E-state index in [1.807, 2.05) is 25.1 Å². The monoisotopic (exact) mass is 344 g/mol. The van der Waals surface area contributed by atoms with Crippen molar-refractivity contribution in [2.45, 2.75) is 31.7 Å². The minimum Gasteiger partial charge on any atom is -0.496 e. The van der Waals surface area contributed by atoms with Gasteiger partial charge in [-0.2, -0.15) is 0 Å². The number of esters is 1. The molecule has 2 aromatic rings. The van der Waals surface area contributed by atoms with Crippen LogP contribution in [-0.2, 0) is 14.3 Å². The Morgan fingerprint density at radius 2 is 1.80 bits per heavy atom. The van der Waals surface area contributed by atoms with Crippen LogP contribution in [0, 0.1) is 0 Å². The molecule has 25 heavy (non-hydrogen) atoms. The van der Waals surface area contributed by atoms with Gasteiger partial charge in [0.05, 0.1) is 39.2 Å². The van der Waals surface area contributed by atoms with Crippen LogP contribution in [0.15, 0.2) is 18.2 Å². The first-order valence-electron chi connectivity index (χ1n) is 8.20. The average Bonchev–Trinajstić information content (AvgIpc) is 2.99. The molecule has 6 heteroatoms. The molecule has 0 bridgehead atoms. The van der Waals surface area contributed by atoms with Gasteiger partial charge in [0.15, 0.2) is 6.10 Å². The van der Waals surface area contributed by atoms with Crippen LogP contribution in [0.4, 0.5) is 0 Å². The fourth-order valence-electron chi connectivity index (χ4n) is 4.00. The van der Waals surface area contributed by atoms with Crippen LogP contribution in [0.2, 0.25) is 0 Å². The molecule has 2 heterocycles. The van der Waals surface area contributed by atoms with E-state index in [-0.39, 0.29) is 24.6 Å². The minimum absolute atomic E-state index is 0.246. The number of hydrogen-bond donors (Lipinski definition) is 0. The van der Waals surface area contributed by atoms with E-state index in [1.54, 1.807) is 21.3 Å². The number of fused-ring (bicyclic) bond motifs is 4. The van der Waals surface area contributed by atoms with Gasteiger partial charge in [0.1, 0.15) is 23.4 Å². The van der Waals surface area contributed by atoms with Crippen LogP contribution in [0.3, 0.4) is 0 Å². The highest BCUT2D eigenvalue weighted by Crippen LogP contribution is 2.55. The van der Waals surface area contributed by atoms with Crippen molar-refractivity contribution in [3.8, 4) is 17.2 Å². The van der Waals surface area contributed by atoms with Gasteiger partial charge < -0.3 is 23.7 Å². The van der Waals surface area contributed by atoms with Crippen LogP contribution in [0.25, 0.3) is 10.8 Å². The second-order valence-corrected chi connectivity index (χ2v) is 6.21. The highest BCUT2D eigenvalue weighted by Gasteiger charge is 2.47. The topological polar surface area (TPSA) is 63.2 Å². The lowest BCUT2D eigenvalue weighted by molar-refractivity contribution is -0.143. The van der Waals surface area contributed by atoms with Gasteiger partial charge in [-0.15, -0.1) is 0 Å². The van der Waals surface area contributed by atoms with Crippen LogP contribution in [-0.4, -0.2) is 33.4 Å². The van der Waals surface area contributed by atoms with Crippen molar-refractivity contribution in [1.82, 2.24) is 0 Å². The van der Waals surface area contributed by atoms with Crippen molar-refractivity contribution in [2.75, 3.05) is 21.3 Å². The normalized spacial score (nSPS) is 24.5. The second kappa shape index (κ2) is 5.81. The number of carbonyl (C=O) groups excluding carboxylic acids is 1. The van der Waals surface area contributed by atoms with Gasteiger partial charge in [-0.1, -0.05) is 12.1 Å². The second-order valence-electron chi connectivity index (χ2n) is 6.21. The van der Waals surface area contributed by atoms with E-state index < -0.39 is 6.10 Å². The molecule has 2 aliphatic heterocycles. The highest BCUT2D eigenvalue weighted by atomic mass is 16.6. The van der Waals surface area contributed by atoms with Crippen LogP contribution >= 0.6 is 0 Å². The summed E-state index contributed by atoms with van der Waals surface area (Å²) in [6, 6.07) is 5.73. The Bertz CT molecular complexity index is 859. The van der Waals surface area contributed by atoms with E-state index in [0.717, 1.165) is 21.9 Å². The summed E-state index contributed by atoms with van der Waals surface area (Å²) in [5.74, 6) is 1.76. The predicted octanol–water partition coefficient (Wildman–Crippen LogP) is 3.31. The average molecular weight is 344 g/mol. The molecular formula is C19H20O6. The molecule has 4 rings (SSSR count). The summed E-state index contributed by atoms with van der Waals surface area (Å²) in [4.78, 5) is 11.8. The molecule has 0 saturated carbocycles. The fourth-order valence-corrected chi connectivity index (χ4v) is 4.00. The molecule has 0 radical (unpaired) electrons. The Morgan fingerprint density at radius 1 is 1.04 bits per heavy atom. The molecular weight excluding hydrogens is 324 g/mol. The van der Waals surface area contributed by atoms with Crippen molar-refractivity contribution in [2.24, 2.45) is 0 Å². The number of hydrogen-bond acceptors (Lipinski definition) is 6. The number of benzene rings is 2. The summed E-state index contributed by atoms with van der Waals surface area (Å²) < 4.78 is 28.7. The van der Waals surface area contributed by atoms with E-state index in [1.165, 1.54) is 0 Å². The lowest BCUT2D eigenvalue weighted by Gasteiger charge is -2.34. The summed E-state index contributed by atoms with van der Waals surface area (Å²) >= 11 is 0. The van der Waals surface area contributed by atoms with Gasteiger partial charge >= 0.3 is 5.97 Å². The van der Waals surface area contributed by atoms with Crippen LogP contribution < -0.4 is 14.2 Å². The molecule has 0 amide bonds. The first-order valence-corrected chi connectivity index (χ1v) is 8.20. The zero-order valence-electron chi connectivity index (χ0n) is 14.6. The Kier molecular flexibility index (Phi) is 3.72. The van der Waals surface area contributed by atoms with Crippen molar-refractivity contribution in [3.63, 3.8) is 0 Å². The van der Waals surface area contributed by atoms with Crippen molar-refractivity contribution >= 4 is 16.7 Å². The third-order valence-electron chi connectivity index (χ3n) is 4.94. The van der Waals surface area contributed by atoms with E-state index >= 15 is 0 Å². The first kappa shape index (κ1) is 16.0. The number of carbonyl (C=O) groups is 1. The standard InChI is InChI=1S/C19H20O6/c1-9-14-16(18-12(24-9)8-13(20)25-18)17(22-3)10-6-5-7-11(21-2)15(10)19(14)23-4/h5-7,9,12,18H,8H2,1-4H3/t9-,12+,18-/m1/s1. The largest absolute Gasteiger partial charge is 0.496 e.